The molecule has 1 aromatic heterocycles. The van der Waals surface area contributed by atoms with Gasteiger partial charge in [-0.25, -0.2) is 0 Å². The molecule has 0 saturated carbocycles. The summed E-state index contributed by atoms with van der Waals surface area (Å²) in [6.45, 7) is 0. The number of para-hydroxylation sites is 2. The van der Waals surface area contributed by atoms with E-state index in [1.165, 1.54) is 4.90 Å². The molecule has 0 radical (unpaired) electrons. The van der Waals surface area contributed by atoms with Crippen LogP contribution in [0.4, 0.5) is 17.1 Å². The second-order valence-electron chi connectivity index (χ2n) is 14.2. The minimum Gasteiger partial charge on any atom is -0.455 e. The predicted molar refractivity (Wildman–Crippen MR) is 245 cm³/mol. The van der Waals surface area contributed by atoms with Crippen molar-refractivity contribution in [1.29, 1.82) is 0 Å². The van der Waals surface area contributed by atoms with Gasteiger partial charge in [0.15, 0.2) is 0 Å². The molecular weight excluding hydrogens is 703 g/mol. The molecule has 11 rings (SSSR count). The Morgan fingerprint density at radius 1 is 0.345 bits per heavy atom. The second-order valence-corrected chi connectivity index (χ2v) is 14.2. The van der Waals surface area contributed by atoms with E-state index >= 15 is 0 Å². The molecule has 0 N–H and O–H groups in total. The van der Waals surface area contributed by atoms with Crippen molar-refractivity contribution in [2.75, 3.05) is 4.90 Å². The summed E-state index contributed by atoms with van der Waals surface area (Å²) >= 11 is 0. The first-order valence-electron chi connectivity index (χ1n) is 23.2. The molecule has 0 aliphatic carbocycles. The first-order chi connectivity index (χ1) is 32.1. The molecule has 0 fully saturated rings. The molecule has 58 heavy (non-hydrogen) atoms. The quantitative estimate of drug-likeness (QED) is 0.161. The van der Waals surface area contributed by atoms with Crippen LogP contribution >= 0.6 is 0 Å². The molecule has 2 nitrogen and oxygen atoms in total. The molecular formula is C56H37NO. The van der Waals surface area contributed by atoms with Crippen molar-refractivity contribution < 1.29 is 15.4 Å². The van der Waals surface area contributed by atoms with Crippen molar-refractivity contribution in [1.82, 2.24) is 0 Å². The van der Waals surface area contributed by atoms with Gasteiger partial charge < -0.3 is 9.32 Å². The molecule has 11 aromatic rings. The molecule has 0 amide bonds. The molecule has 0 spiro atoms. The Balaban J connectivity index is 1.16. The van der Waals surface area contributed by atoms with Crippen LogP contribution in [0.3, 0.4) is 0 Å². The van der Waals surface area contributed by atoms with Crippen molar-refractivity contribution in [3.05, 3.63) is 224 Å². The van der Waals surface area contributed by atoms with Gasteiger partial charge in [-0.05, 0) is 104 Å². The van der Waals surface area contributed by atoms with Crippen LogP contribution in [0.2, 0.25) is 0 Å². The van der Waals surface area contributed by atoms with Crippen LogP contribution in [0, 0.1) is 0 Å². The Kier molecular flexibility index (Phi) is 6.38. The molecule has 10 aromatic carbocycles. The first kappa shape index (κ1) is 26.2. The third-order valence-corrected chi connectivity index (χ3v) is 10.8. The number of nitrogens with zero attached hydrogens (tertiary/aromatic N) is 1. The zero-order valence-corrected chi connectivity index (χ0v) is 31.1. The van der Waals surface area contributed by atoms with Crippen molar-refractivity contribution >= 4 is 60.5 Å². The van der Waals surface area contributed by atoms with Crippen molar-refractivity contribution in [3.8, 4) is 44.5 Å². The number of furan rings is 1. The van der Waals surface area contributed by atoms with E-state index < -0.39 is 24.2 Å². The van der Waals surface area contributed by atoms with Gasteiger partial charge in [0.2, 0.25) is 0 Å². The van der Waals surface area contributed by atoms with Crippen molar-refractivity contribution in [2.24, 2.45) is 0 Å². The van der Waals surface area contributed by atoms with Gasteiger partial charge in [-0.1, -0.05) is 176 Å². The topological polar surface area (TPSA) is 16.4 Å². The van der Waals surface area contributed by atoms with Gasteiger partial charge in [0.25, 0.3) is 0 Å². The highest BCUT2D eigenvalue weighted by Gasteiger charge is 2.19. The van der Waals surface area contributed by atoms with Gasteiger partial charge in [0, 0.05) is 33.1 Å². The van der Waals surface area contributed by atoms with Crippen LogP contribution < -0.4 is 4.90 Å². The van der Waals surface area contributed by atoms with E-state index in [-0.39, 0.29) is 46.7 Å². The summed E-state index contributed by atoms with van der Waals surface area (Å²) in [5.41, 5.74) is 5.79. The van der Waals surface area contributed by atoms with Gasteiger partial charge in [0.1, 0.15) is 11.2 Å². The van der Waals surface area contributed by atoms with E-state index in [4.69, 9.17) is 4.42 Å². The highest BCUT2D eigenvalue weighted by atomic mass is 16.3. The summed E-state index contributed by atoms with van der Waals surface area (Å²) in [6, 6.07) is 52.5. The van der Waals surface area contributed by atoms with Gasteiger partial charge in [-0.3, -0.25) is 0 Å². The maximum Gasteiger partial charge on any atom is 0.143 e. The first-order valence-corrected chi connectivity index (χ1v) is 19.2. The highest BCUT2D eigenvalue weighted by Crippen LogP contribution is 2.44. The highest BCUT2D eigenvalue weighted by molar-refractivity contribution is 6.15. The lowest BCUT2D eigenvalue weighted by atomic mass is 9.96. The van der Waals surface area contributed by atoms with E-state index in [0.717, 1.165) is 49.0 Å². The molecule has 1 heterocycles. The Morgan fingerprint density at radius 2 is 0.897 bits per heavy atom. The van der Waals surface area contributed by atoms with E-state index in [9.17, 15) is 11.0 Å². The summed E-state index contributed by atoms with van der Waals surface area (Å²) in [7, 11) is 0. The zero-order valence-electron chi connectivity index (χ0n) is 39.1. The summed E-state index contributed by atoms with van der Waals surface area (Å²) in [6.07, 6.45) is 0. The number of rotatable bonds is 7. The van der Waals surface area contributed by atoms with E-state index in [2.05, 4.69) is 0 Å². The number of hydrogen-bond donors (Lipinski definition) is 0. The van der Waals surface area contributed by atoms with Crippen molar-refractivity contribution in [2.45, 2.75) is 0 Å². The Hall–Kier alpha value is -7.68. The molecule has 0 bridgehead atoms. The average Bonchev–Trinajstić information content (AvgIpc) is 3.75. The maximum absolute atomic E-state index is 9.74. The molecule has 0 unspecified atom stereocenters. The van der Waals surface area contributed by atoms with Gasteiger partial charge >= 0.3 is 0 Å². The largest absolute Gasteiger partial charge is 0.455 e. The monoisotopic (exact) mass is 747 g/mol. The lowest BCUT2D eigenvalue weighted by Gasteiger charge is -2.28. The van der Waals surface area contributed by atoms with Crippen LogP contribution in [-0.2, 0) is 0 Å². The fraction of sp³-hybridized carbons (Fsp3) is 0. The number of fused-ring (bicyclic) bond motifs is 6. The Morgan fingerprint density at radius 3 is 1.69 bits per heavy atom. The van der Waals surface area contributed by atoms with Crippen LogP contribution in [0.25, 0.3) is 88.0 Å². The van der Waals surface area contributed by atoms with Crippen molar-refractivity contribution in [3.63, 3.8) is 0 Å². The standard InChI is InChI=1S/C56H37NO/c1-2-11-38(12-3-1)39-21-23-40(24-22-39)41-27-32-46(33-28-41)57(47-34-29-43(30-35-47)49-18-10-14-42-13-4-5-15-48(42)49)54-19-8-6-16-50(54)45-26-25-44-31-36-52-51-17-7-9-20-55(51)58-56(52)53(44)37-45/h1-37H/i27D,28D,29D,30D,32D,33D,34D,35D. The molecule has 0 saturated heterocycles. The lowest BCUT2D eigenvalue weighted by Crippen LogP contribution is -2.11. The van der Waals surface area contributed by atoms with Gasteiger partial charge in [-0.2, -0.15) is 0 Å². The van der Waals surface area contributed by atoms with Crippen LogP contribution in [0.15, 0.2) is 229 Å². The molecule has 0 aliphatic heterocycles. The third kappa shape index (κ3) is 5.91. The molecule has 2 heteroatoms. The zero-order chi connectivity index (χ0) is 45.4. The van der Waals surface area contributed by atoms with E-state index in [1.54, 1.807) is 30.3 Å². The SMILES string of the molecule is [2H]c1c([2H])c(N(c2ccccc2-c2ccc3ccc4c5ccccc5oc4c3c2)c2c([2H])c([2H])c(-c3cccc4ccccc34)c([2H])c2[2H])c([2H])c([2H])c1-c1ccc(-c2ccccc2)cc1. The number of anilines is 3. The number of benzene rings is 10. The summed E-state index contributed by atoms with van der Waals surface area (Å²) < 4.78 is 83.5. The smallest absolute Gasteiger partial charge is 0.143 e. The Bertz CT molecular complexity index is 3690. The summed E-state index contributed by atoms with van der Waals surface area (Å²) in [4.78, 5) is 1.39. The fourth-order valence-corrected chi connectivity index (χ4v) is 7.95. The second kappa shape index (κ2) is 14.1. The lowest BCUT2D eigenvalue weighted by molar-refractivity contribution is 0.672. The maximum atomic E-state index is 9.74. The number of hydrogen-bond acceptors (Lipinski definition) is 2. The van der Waals surface area contributed by atoms with Crippen LogP contribution in [0.5, 0.6) is 0 Å². The Labute approximate surface area is 348 Å². The normalized spacial score (nSPS) is 13.4. The summed E-state index contributed by atoms with van der Waals surface area (Å²) in [5, 5.41) is 5.37. The van der Waals surface area contributed by atoms with Gasteiger partial charge in [-0.15, -0.1) is 0 Å². The molecule has 272 valence electrons. The van der Waals surface area contributed by atoms with Gasteiger partial charge in [0.05, 0.1) is 16.7 Å². The minimum absolute atomic E-state index is 0.0943. The molecule has 0 atom stereocenters. The third-order valence-electron chi connectivity index (χ3n) is 10.8. The summed E-state index contributed by atoms with van der Waals surface area (Å²) in [5.74, 6) is 0. The molecule has 0 aliphatic rings. The minimum atomic E-state index is -0.412. The van der Waals surface area contributed by atoms with E-state index in [0.29, 0.717) is 33.5 Å². The average molecular weight is 748 g/mol. The fourth-order valence-electron chi connectivity index (χ4n) is 7.95. The predicted octanol–water partition coefficient (Wildman–Crippen LogP) is 16.0. The van der Waals surface area contributed by atoms with Crippen LogP contribution in [-0.4, -0.2) is 0 Å². The van der Waals surface area contributed by atoms with E-state index in [1.807, 2.05) is 146 Å². The van der Waals surface area contributed by atoms with Crippen LogP contribution in [0.1, 0.15) is 11.0 Å².